The molecule has 174 valence electrons. The molecule has 8 heteroatoms. The molecule has 1 saturated heterocycles. The third-order valence-corrected chi connectivity index (χ3v) is 6.33. The van der Waals surface area contributed by atoms with Gasteiger partial charge in [0.2, 0.25) is 0 Å². The standard InChI is InChI=1S/C27H26N8/c1-2-6-23(7-3-1)35-27-24(18-31-35)26(29-20-30-27)32-22-11-9-21(10-12-22)19-33-14-16-34(17-15-33)25-8-4-5-13-28-25/h1-13,18,20H,14-17,19H2,(H,29,30,32). The Morgan fingerprint density at radius 3 is 2.34 bits per heavy atom. The van der Waals surface area contributed by atoms with Crippen LogP contribution >= 0.6 is 0 Å². The number of nitrogens with zero attached hydrogens (tertiary/aromatic N) is 7. The van der Waals surface area contributed by atoms with Gasteiger partial charge in [-0.1, -0.05) is 36.4 Å². The van der Waals surface area contributed by atoms with Crippen LogP contribution in [0.25, 0.3) is 16.7 Å². The molecular formula is C27H26N8. The van der Waals surface area contributed by atoms with Crippen molar-refractivity contribution < 1.29 is 0 Å². The number of anilines is 3. The normalized spacial score (nSPS) is 14.3. The average Bonchev–Trinajstić information content (AvgIpc) is 3.37. The molecule has 0 saturated carbocycles. The average molecular weight is 463 g/mol. The summed E-state index contributed by atoms with van der Waals surface area (Å²) in [5.41, 5.74) is 4.03. The predicted molar refractivity (Wildman–Crippen MR) is 138 cm³/mol. The molecule has 0 radical (unpaired) electrons. The van der Waals surface area contributed by atoms with Gasteiger partial charge in [-0.3, -0.25) is 4.90 Å². The fourth-order valence-corrected chi connectivity index (χ4v) is 4.47. The maximum Gasteiger partial charge on any atom is 0.168 e. The molecule has 0 aliphatic carbocycles. The summed E-state index contributed by atoms with van der Waals surface area (Å²) in [6.45, 7) is 4.99. The van der Waals surface area contributed by atoms with Gasteiger partial charge in [0, 0.05) is 44.6 Å². The molecule has 1 N–H and O–H groups in total. The number of aromatic nitrogens is 5. The number of hydrogen-bond acceptors (Lipinski definition) is 7. The van der Waals surface area contributed by atoms with Gasteiger partial charge in [0.1, 0.15) is 18.0 Å². The van der Waals surface area contributed by atoms with Gasteiger partial charge < -0.3 is 10.2 Å². The molecule has 1 fully saturated rings. The largest absolute Gasteiger partial charge is 0.354 e. The van der Waals surface area contributed by atoms with Crippen molar-refractivity contribution in [3.63, 3.8) is 0 Å². The van der Waals surface area contributed by atoms with Crippen molar-refractivity contribution in [2.75, 3.05) is 36.4 Å². The first kappa shape index (κ1) is 21.2. The summed E-state index contributed by atoms with van der Waals surface area (Å²) in [4.78, 5) is 18.2. The van der Waals surface area contributed by atoms with Gasteiger partial charge >= 0.3 is 0 Å². The van der Waals surface area contributed by atoms with Gasteiger partial charge in [0.15, 0.2) is 5.65 Å². The summed E-state index contributed by atoms with van der Waals surface area (Å²) in [7, 11) is 0. The van der Waals surface area contributed by atoms with Crippen LogP contribution in [0, 0.1) is 0 Å². The van der Waals surface area contributed by atoms with Crippen LogP contribution < -0.4 is 10.2 Å². The van der Waals surface area contributed by atoms with E-state index >= 15 is 0 Å². The first-order chi connectivity index (χ1) is 17.3. The topological polar surface area (TPSA) is 75.0 Å². The molecule has 4 heterocycles. The molecule has 2 aromatic carbocycles. The summed E-state index contributed by atoms with van der Waals surface area (Å²) in [5.74, 6) is 1.81. The zero-order chi connectivity index (χ0) is 23.5. The smallest absolute Gasteiger partial charge is 0.168 e. The van der Waals surface area contributed by atoms with Crippen molar-refractivity contribution in [1.29, 1.82) is 0 Å². The number of nitrogens with one attached hydrogen (secondary N) is 1. The van der Waals surface area contributed by atoms with E-state index in [-0.39, 0.29) is 0 Å². The van der Waals surface area contributed by atoms with E-state index in [1.807, 2.05) is 59.5 Å². The van der Waals surface area contributed by atoms with Crippen LogP contribution in [-0.4, -0.2) is 55.8 Å². The maximum absolute atomic E-state index is 4.53. The van der Waals surface area contributed by atoms with Crippen LogP contribution in [0.1, 0.15) is 5.56 Å². The zero-order valence-electron chi connectivity index (χ0n) is 19.3. The van der Waals surface area contributed by atoms with E-state index in [1.54, 1.807) is 6.33 Å². The second-order valence-electron chi connectivity index (χ2n) is 8.62. The van der Waals surface area contributed by atoms with Crippen molar-refractivity contribution in [2.24, 2.45) is 0 Å². The van der Waals surface area contributed by atoms with Gasteiger partial charge in [-0.2, -0.15) is 5.10 Å². The first-order valence-corrected chi connectivity index (χ1v) is 11.8. The van der Waals surface area contributed by atoms with Gasteiger partial charge in [0.25, 0.3) is 0 Å². The number of fused-ring (bicyclic) bond motifs is 1. The van der Waals surface area contributed by atoms with Gasteiger partial charge in [0.05, 0.1) is 17.3 Å². The van der Waals surface area contributed by atoms with Crippen LogP contribution in [0.2, 0.25) is 0 Å². The minimum atomic E-state index is 0.746. The summed E-state index contributed by atoms with van der Waals surface area (Å²) in [5, 5.41) is 8.85. The van der Waals surface area contributed by atoms with Crippen molar-refractivity contribution >= 4 is 28.4 Å². The fourth-order valence-electron chi connectivity index (χ4n) is 4.47. The highest BCUT2D eigenvalue weighted by Crippen LogP contribution is 2.25. The SMILES string of the molecule is c1ccc(-n2ncc3c(Nc4ccc(CN5CCN(c6ccccn6)CC5)cc4)ncnc32)cc1. The number of benzene rings is 2. The van der Waals surface area contributed by atoms with E-state index in [4.69, 9.17) is 0 Å². The molecule has 8 nitrogen and oxygen atoms in total. The van der Waals surface area contributed by atoms with E-state index in [2.05, 4.69) is 65.5 Å². The predicted octanol–water partition coefficient (Wildman–Crippen LogP) is 4.28. The summed E-state index contributed by atoms with van der Waals surface area (Å²) in [6, 6.07) is 24.7. The lowest BCUT2D eigenvalue weighted by atomic mass is 10.1. The van der Waals surface area contributed by atoms with Gasteiger partial charge in [-0.25, -0.2) is 19.6 Å². The Balaban J connectivity index is 1.11. The van der Waals surface area contributed by atoms with Crippen LogP contribution in [0.15, 0.2) is 91.5 Å². The van der Waals surface area contributed by atoms with E-state index in [9.17, 15) is 0 Å². The molecule has 0 amide bonds. The zero-order valence-corrected chi connectivity index (χ0v) is 19.3. The van der Waals surface area contributed by atoms with E-state index < -0.39 is 0 Å². The Labute approximate surface area is 203 Å². The maximum atomic E-state index is 4.53. The molecule has 1 aliphatic heterocycles. The number of pyridine rings is 1. The van der Waals surface area contributed by atoms with Crippen molar-refractivity contribution in [3.05, 3.63) is 97.1 Å². The molecule has 5 aromatic rings. The second kappa shape index (κ2) is 9.52. The summed E-state index contributed by atoms with van der Waals surface area (Å²) >= 11 is 0. The second-order valence-corrected chi connectivity index (χ2v) is 8.62. The summed E-state index contributed by atoms with van der Waals surface area (Å²) in [6.07, 6.45) is 5.24. The lowest BCUT2D eigenvalue weighted by Gasteiger charge is -2.35. The minimum Gasteiger partial charge on any atom is -0.354 e. The Kier molecular flexibility index (Phi) is 5.78. The Morgan fingerprint density at radius 2 is 1.57 bits per heavy atom. The number of piperazine rings is 1. The Morgan fingerprint density at radius 1 is 0.771 bits per heavy atom. The van der Waals surface area contributed by atoms with Gasteiger partial charge in [-0.05, 0) is 42.0 Å². The molecule has 0 bridgehead atoms. The quantitative estimate of drug-likeness (QED) is 0.404. The fraction of sp³-hybridized carbons (Fsp3) is 0.185. The number of rotatable bonds is 6. The van der Waals surface area contributed by atoms with E-state index in [1.165, 1.54) is 5.56 Å². The number of hydrogen-bond donors (Lipinski definition) is 1. The molecule has 0 unspecified atom stereocenters. The molecule has 1 aliphatic rings. The van der Waals surface area contributed by atoms with Crippen LogP contribution in [0.5, 0.6) is 0 Å². The lowest BCUT2D eigenvalue weighted by Crippen LogP contribution is -2.46. The summed E-state index contributed by atoms with van der Waals surface area (Å²) < 4.78 is 1.83. The van der Waals surface area contributed by atoms with Gasteiger partial charge in [-0.15, -0.1) is 0 Å². The van der Waals surface area contributed by atoms with Crippen molar-refractivity contribution in [2.45, 2.75) is 6.54 Å². The van der Waals surface area contributed by atoms with Crippen molar-refractivity contribution in [3.8, 4) is 5.69 Å². The highest BCUT2D eigenvalue weighted by atomic mass is 15.3. The molecule has 0 atom stereocenters. The monoisotopic (exact) mass is 462 g/mol. The van der Waals surface area contributed by atoms with Crippen molar-refractivity contribution in [1.82, 2.24) is 29.6 Å². The molecule has 6 rings (SSSR count). The van der Waals surface area contributed by atoms with Crippen LogP contribution in [0.3, 0.4) is 0 Å². The highest BCUT2D eigenvalue weighted by molar-refractivity contribution is 5.89. The lowest BCUT2D eigenvalue weighted by molar-refractivity contribution is 0.249. The minimum absolute atomic E-state index is 0.746. The van der Waals surface area contributed by atoms with Crippen LogP contribution in [0.4, 0.5) is 17.3 Å². The van der Waals surface area contributed by atoms with E-state index in [0.29, 0.717) is 0 Å². The Bertz CT molecular complexity index is 1390. The molecule has 0 spiro atoms. The third-order valence-electron chi connectivity index (χ3n) is 6.33. The Hall–Kier alpha value is -4.30. The van der Waals surface area contributed by atoms with E-state index in [0.717, 1.165) is 66.8 Å². The third kappa shape index (κ3) is 4.56. The highest BCUT2D eigenvalue weighted by Gasteiger charge is 2.18. The molecule has 3 aromatic heterocycles. The first-order valence-electron chi connectivity index (χ1n) is 11.8. The molecular weight excluding hydrogens is 436 g/mol. The number of para-hydroxylation sites is 1. The van der Waals surface area contributed by atoms with Crippen LogP contribution in [-0.2, 0) is 6.54 Å². The molecule has 35 heavy (non-hydrogen) atoms.